The third-order valence-corrected chi connectivity index (χ3v) is 3.86. The topological polar surface area (TPSA) is 63.2 Å². The number of para-hydroxylation sites is 2. The van der Waals surface area contributed by atoms with Gasteiger partial charge in [0, 0.05) is 18.3 Å². The molecular weight excluding hydrogens is 352 g/mol. The third kappa shape index (κ3) is 4.38. The number of nitrogens with one attached hydrogen (secondary N) is 2. The fourth-order valence-corrected chi connectivity index (χ4v) is 2.52. The molecule has 7 heteroatoms. The van der Waals surface area contributed by atoms with E-state index in [1.165, 1.54) is 24.5 Å². The maximum absolute atomic E-state index is 13.8. The SMILES string of the molecule is COc1ccccc1CNC(=O)c1cncc(Nc2c(F)cccc2F)c1. The van der Waals surface area contributed by atoms with Crippen molar-refractivity contribution in [2.75, 3.05) is 12.4 Å². The quantitative estimate of drug-likeness (QED) is 0.688. The summed E-state index contributed by atoms with van der Waals surface area (Å²) in [4.78, 5) is 16.3. The zero-order valence-corrected chi connectivity index (χ0v) is 14.5. The molecule has 0 aliphatic heterocycles. The summed E-state index contributed by atoms with van der Waals surface area (Å²) < 4.78 is 32.8. The number of anilines is 2. The van der Waals surface area contributed by atoms with Crippen LogP contribution in [0.25, 0.3) is 0 Å². The van der Waals surface area contributed by atoms with Gasteiger partial charge in [0.15, 0.2) is 0 Å². The van der Waals surface area contributed by atoms with E-state index in [1.807, 2.05) is 18.2 Å². The van der Waals surface area contributed by atoms with Gasteiger partial charge in [0.1, 0.15) is 23.1 Å². The number of carbonyl (C=O) groups excluding carboxylic acids is 1. The van der Waals surface area contributed by atoms with E-state index in [4.69, 9.17) is 4.74 Å². The minimum absolute atomic E-state index is 0.256. The maximum Gasteiger partial charge on any atom is 0.253 e. The number of halogens is 2. The molecule has 1 amide bonds. The fraction of sp³-hybridized carbons (Fsp3) is 0.100. The highest BCUT2D eigenvalue weighted by molar-refractivity contribution is 5.94. The highest BCUT2D eigenvalue weighted by Crippen LogP contribution is 2.23. The van der Waals surface area contributed by atoms with Crippen molar-refractivity contribution in [3.05, 3.63) is 83.7 Å². The van der Waals surface area contributed by atoms with Crippen LogP contribution in [-0.4, -0.2) is 18.0 Å². The van der Waals surface area contributed by atoms with Crippen molar-refractivity contribution < 1.29 is 18.3 Å². The van der Waals surface area contributed by atoms with Gasteiger partial charge in [-0.25, -0.2) is 8.78 Å². The average molecular weight is 369 g/mol. The lowest BCUT2D eigenvalue weighted by molar-refractivity contribution is 0.0950. The maximum atomic E-state index is 13.8. The monoisotopic (exact) mass is 369 g/mol. The van der Waals surface area contributed by atoms with E-state index in [-0.39, 0.29) is 23.7 Å². The normalized spacial score (nSPS) is 10.3. The van der Waals surface area contributed by atoms with Crippen molar-refractivity contribution in [1.29, 1.82) is 0 Å². The lowest BCUT2D eigenvalue weighted by Crippen LogP contribution is -2.23. The average Bonchev–Trinajstić information content (AvgIpc) is 2.69. The molecule has 0 aliphatic carbocycles. The largest absolute Gasteiger partial charge is 0.496 e. The van der Waals surface area contributed by atoms with Gasteiger partial charge in [0.05, 0.1) is 24.6 Å². The van der Waals surface area contributed by atoms with Crippen LogP contribution in [0.15, 0.2) is 60.9 Å². The molecule has 0 atom stereocenters. The number of aromatic nitrogens is 1. The molecule has 2 N–H and O–H groups in total. The number of rotatable bonds is 6. The van der Waals surface area contributed by atoms with Crippen molar-refractivity contribution in [1.82, 2.24) is 10.3 Å². The van der Waals surface area contributed by atoms with E-state index < -0.39 is 11.6 Å². The molecular formula is C20H17F2N3O2. The minimum atomic E-state index is -0.735. The van der Waals surface area contributed by atoms with Gasteiger partial charge >= 0.3 is 0 Å². The molecule has 27 heavy (non-hydrogen) atoms. The van der Waals surface area contributed by atoms with Crippen LogP contribution in [0.5, 0.6) is 5.75 Å². The molecule has 0 saturated carbocycles. The summed E-state index contributed by atoms with van der Waals surface area (Å²) >= 11 is 0. The number of benzene rings is 2. The summed E-state index contributed by atoms with van der Waals surface area (Å²) in [6, 6.07) is 12.4. The molecule has 5 nitrogen and oxygen atoms in total. The summed E-state index contributed by atoms with van der Waals surface area (Å²) in [5.74, 6) is -1.17. The van der Waals surface area contributed by atoms with Gasteiger partial charge in [0.2, 0.25) is 0 Å². The summed E-state index contributed by atoms with van der Waals surface area (Å²) in [6.07, 6.45) is 2.75. The zero-order chi connectivity index (χ0) is 19.2. The lowest BCUT2D eigenvalue weighted by atomic mass is 10.2. The number of nitrogens with zero attached hydrogens (tertiary/aromatic N) is 1. The third-order valence-electron chi connectivity index (χ3n) is 3.86. The van der Waals surface area contributed by atoms with Crippen molar-refractivity contribution in [3.63, 3.8) is 0 Å². The van der Waals surface area contributed by atoms with Crippen molar-refractivity contribution in [3.8, 4) is 5.75 Å². The van der Waals surface area contributed by atoms with Crippen molar-refractivity contribution >= 4 is 17.3 Å². The lowest BCUT2D eigenvalue weighted by Gasteiger charge is -2.11. The van der Waals surface area contributed by atoms with Gasteiger partial charge in [0.25, 0.3) is 5.91 Å². The Balaban J connectivity index is 1.72. The fourth-order valence-electron chi connectivity index (χ4n) is 2.52. The van der Waals surface area contributed by atoms with Gasteiger partial charge in [-0.15, -0.1) is 0 Å². The van der Waals surface area contributed by atoms with Crippen LogP contribution in [0.4, 0.5) is 20.2 Å². The minimum Gasteiger partial charge on any atom is -0.496 e. The molecule has 0 radical (unpaired) electrons. The summed E-state index contributed by atoms with van der Waals surface area (Å²) in [7, 11) is 1.56. The first-order valence-corrected chi connectivity index (χ1v) is 8.14. The van der Waals surface area contributed by atoms with Gasteiger partial charge in [-0.05, 0) is 24.3 Å². The predicted octanol–water partition coefficient (Wildman–Crippen LogP) is 4.04. The number of hydrogen-bond acceptors (Lipinski definition) is 4. The smallest absolute Gasteiger partial charge is 0.253 e. The highest BCUT2D eigenvalue weighted by atomic mass is 19.1. The van der Waals surface area contributed by atoms with Crippen LogP contribution < -0.4 is 15.4 Å². The van der Waals surface area contributed by atoms with Crippen LogP contribution in [0, 0.1) is 11.6 Å². The number of carbonyl (C=O) groups is 1. The van der Waals surface area contributed by atoms with Crippen LogP contribution in [0.1, 0.15) is 15.9 Å². The second kappa shape index (κ2) is 8.27. The highest BCUT2D eigenvalue weighted by Gasteiger charge is 2.12. The van der Waals surface area contributed by atoms with Gasteiger partial charge in [-0.3, -0.25) is 9.78 Å². The van der Waals surface area contributed by atoms with E-state index >= 15 is 0 Å². The first kappa shape index (κ1) is 18.3. The van der Waals surface area contributed by atoms with E-state index in [2.05, 4.69) is 15.6 Å². The molecule has 0 unspecified atom stereocenters. The van der Waals surface area contributed by atoms with Crippen molar-refractivity contribution in [2.24, 2.45) is 0 Å². The van der Waals surface area contributed by atoms with Gasteiger partial charge < -0.3 is 15.4 Å². The Labute approximate surface area is 155 Å². The molecule has 1 heterocycles. The van der Waals surface area contributed by atoms with Crippen LogP contribution >= 0.6 is 0 Å². The van der Waals surface area contributed by atoms with Crippen molar-refractivity contribution in [2.45, 2.75) is 6.54 Å². The number of hydrogen-bond donors (Lipinski definition) is 2. The van der Waals surface area contributed by atoms with Gasteiger partial charge in [-0.2, -0.15) is 0 Å². The second-order valence-corrected chi connectivity index (χ2v) is 5.68. The number of methoxy groups -OCH3 is 1. The number of pyridine rings is 1. The Morgan fingerprint density at radius 2 is 1.81 bits per heavy atom. The van der Waals surface area contributed by atoms with Crippen LogP contribution in [0.2, 0.25) is 0 Å². The molecule has 0 fully saturated rings. The Bertz CT molecular complexity index is 943. The Kier molecular flexibility index (Phi) is 5.61. The first-order chi connectivity index (χ1) is 13.1. The predicted molar refractivity (Wildman–Crippen MR) is 98.0 cm³/mol. The molecule has 3 rings (SSSR count). The summed E-state index contributed by atoms with van der Waals surface area (Å²) in [5, 5.41) is 5.38. The van der Waals surface area contributed by atoms with Crippen LogP contribution in [0.3, 0.4) is 0 Å². The molecule has 2 aromatic carbocycles. The number of amides is 1. The zero-order valence-electron chi connectivity index (χ0n) is 14.5. The first-order valence-electron chi connectivity index (χ1n) is 8.14. The van der Waals surface area contributed by atoms with E-state index in [1.54, 1.807) is 13.2 Å². The van der Waals surface area contributed by atoms with E-state index in [9.17, 15) is 13.6 Å². The molecule has 0 bridgehead atoms. The van der Waals surface area contributed by atoms with E-state index in [0.717, 1.165) is 17.7 Å². The van der Waals surface area contributed by atoms with E-state index in [0.29, 0.717) is 11.4 Å². The van der Waals surface area contributed by atoms with Crippen LogP contribution in [-0.2, 0) is 6.54 Å². The second-order valence-electron chi connectivity index (χ2n) is 5.68. The number of ether oxygens (including phenoxy) is 1. The molecule has 3 aromatic rings. The molecule has 138 valence electrons. The summed E-state index contributed by atoms with van der Waals surface area (Å²) in [5.41, 5.74) is 1.07. The molecule has 1 aromatic heterocycles. The molecule has 0 saturated heterocycles. The molecule has 0 spiro atoms. The Hall–Kier alpha value is -3.48. The Morgan fingerprint density at radius 1 is 1.07 bits per heavy atom. The Morgan fingerprint density at radius 3 is 2.56 bits per heavy atom. The molecule has 0 aliphatic rings. The van der Waals surface area contributed by atoms with Gasteiger partial charge in [-0.1, -0.05) is 24.3 Å². The standard InChI is InChI=1S/C20H17F2N3O2/c1-27-18-8-3-2-5-13(18)11-24-20(26)14-9-15(12-23-10-14)25-19-16(21)6-4-7-17(19)22/h2-10,12,25H,11H2,1H3,(H,24,26). The summed E-state index contributed by atoms with van der Waals surface area (Å²) in [6.45, 7) is 0.266.